The highest BCUT2D eigenvalue weighted by Crippen LogP contribution is 2.25. The second-order valence-electron chi connectivity index (χ2n) is 6.32. The fourth-order valence-electron chi connectivity index (χ4n) is 1.40. The first-order valence-corrected chi connectivity index (χ1v) is 6.55. The monoisotopic (exact) mass is 251 g/mol. The van der Waals surface area contributed by atoms with Gasteiger partial charge in [0, 0.05) is 18.5 Å². The largest absolute Gasteiger partial charge is 0.370 e. The van der Waals surface area contributed by atoms with Crippen LogP contribution in [-0.4, -0.2) is 16.5 Å². The van der Waals surface area contributed by atoms with Gasteiger partial charge >= 0.3 is 0 Å². The second kappa shape index (κ2) is 5.55. The zero-order valence-electron chi connectivity index (χ0n) is 12.3. The summed E-state index contributed by atoms with van der Waals surface area (Å²) in [5.41, 5.74) is 0.148. The van der Waals surface area contributed by atoms with Crippen LogP contribution in [0.15, 0.2) is 10.9 Å². The Hall–Kier alpha value is -1.32. The lowest BCUT2D eigenvalue weighted by atomic mass is 9.82. The first-order chi connectivity index (χ1) is 8.20. The van der Waals surface area contributed by atoms with E-state index in [1.54, 1.807) is 0 Å². The van der Waals surface area contributed by atoms with Gasteiger partial charge in [0.25, 0.3) is 5.56 Å². The van der Waals surface area contributed by atoms with Crippen molar-refractivity contribution in [1.82, 2.24) is 9.97 Å². The molecule has 0 radical (unpaired) electrons. The van der Waals surface area contributed by atoms with Crippen LogP contribution in [-0.2, 0) is 0 Å². The fraction of sp³-hybridized carbons (Fsp3) is 0.714. The molecule has 102 valence electrons. The molecule has 1 atom stereocenters. The fourth-order valence-corrected chi connectivity index (χ4v) is 1.40. The molecule has 0 spiro atoms. The van der Waals surface area contributed by atoms with E-state index in [0.29, 0.717) is 11.7 Å². The molecule has 0 saturated heterocycles. The maximum Gasteiger partial charge on any atom is 0.252 e. The predicted octanol–water partition coefficient (Wildman–Crippen LogP) is 2.99. The van der Waals surface area contributed by atoms with Gasteiger partial charge in [-0.3, -0.25) is 4.79 Å². The Bertz CT molecular complexity index is 443. The molecule has 1 unspecified atom stereocenters. The molecule has 0 saturated carbocycles. The summed E-state index contributed by atoms with van der Waals surface area (Å²) in [6.07, 6.45) is 0. The molecular formula is C14H25N3O. The van der Waals surface area contributed by atoms with Crippen molar-refractivity contribution in [3.05, 3.63) is 22.2 Å². The molecule has 1 rings (SSSR count). The Labute approximate surface area is 109 Å². The third-order valence-corrected chi connectivity index (χ3v) is 3.37. The first kappa shape index (κ1) is 14.7. The Balaban J connectivity index is 2.77. The maximum absolute atomic E-state index is 11.5. The number of nitrogens with zero attached hydrogens (tertiary/aromatic N) is 1. The van der Waals surface area contributed by atoms with Crippen LogP contribution in [0.25, 0.3) is 0 Å². The quantitative estimate of drug-likeness (QED) is 0.865. The summed E-state index contributed by atoms with van der Waals surface area (Å²) in [5.74, 6) is 2.12. The number of hydrogen-bond donors (Lipinski definition) is 2. The van der Waals surface area contributed by atoms with E-state index in [4.69, 9.17) is 0 Å². The molecule has 1 aromatic heterocycles. The smallest absolute Gasteiger partial charge is 0.252 e. The molecule has 0 aliphatic heterocycles. The van der Waals surface area contributed by atoms with Crippen molar-refractivity contribution < 1.29 is 0 Å². The predicted molar refractivity (Wildman–Crippen MR) is 76.1 cm³/mol. The van der Waals surface area contributed by atoms with Crippen LogP contribution in [0.4, 0.5) is 5.82 Å². The molecule has 4 heteroatoms. The molecule has 0 fully saturated rings. The Kier molecular flexibility index (Phi) is 4.54. The van der Waals surface area contributed by atoms with Crippen molar-refractivity contribution in [3.8, 4) is 0 Å². The minimum Gasteiger partial charge on any atom is -0.370 e. The van der Waals surface area contributed by atoms with Crippen molar-refractivity contribution in [3.63, 3.8) is 0 Å². The topological polar surface area (TPSA) is 57.8 Å². The highest BCUT2D eigenvalue weighted by Gasteiger charge is 2.19. The Morgan fingerprint density at radius 2 is 1.94 bits per heavy atom. The summed E-state index contributed by atoms with van der Waals surface area (Å²) in [6, 6.07) is 1.52. The number of aromatic nitrogens is 2. The second-order valence-corrected chi connectivity index (χ2v) is 6.32. The summed E-state index contributed by atoms with van der Waals surface area (Å²) < 4.78 is 0. The zero-order chi connectivity index (χ0) is 13.9. The normalized spacial score (nSPS) is 13.7. The number of H-pyrrole nitrogens is 1. The van der Waals surface area contributed by atoms with Crippen LogP contribution in [0.2, 0.25) is 0 Å². The molecule has 0 bridgehead atoms. The molecule has 1 aromatic rings. The summed E-state index contributed by atoms with van der Waals surface area (Å²) >= 11 is 0. The number of anilines is 1. The molecule has 2 N–H and O–H groups in total. The van der Waals surface area contributed by atoms with Gasteiger partial charge in [0.1, 0.15) is 11.6 Å². The molecule has 1 heterocycles. The standard InChI is InChI=1S/C14H25N3O/c1-9(2)13-16-11(7-12(18)17-13)15-8-10(3)14(4,5)6/h7,9-10H,8H2,1-6H3,(H2,15,16,17,18). The van der Waals surface area contributed by atoms with Crippen LogP contribution >= 0.6 is 0 Å². The van der Waals surface area contributed by atoms with Gasteiger partial charge in [0.2, 0.25) is 0 Å². The minimum atomic E-state index is -0.0976. The van der Waals surface area contributed by atoms with Crippen LogP contribution in [0.3, 0.4) is 0 Å². The molecule has 0 aromatic carbocycles. The number of nitrogens with one attached hydrogen (secondary N) is 2. The molecule has 0 aliphatic carbocycles. The molecule has 4 nitrogen and oxygen atoms in total. The third kappa shape index (κ3) is 4.17. The summed E-state index contributed by atoms with van der Waals surface area (Å²) in [4.78, 5) is 18.7. The Morgan fingerprint density at radius 3 is 2.44 bits per heavy atom. The maximum atomic E-state index is 11.5. The van der Waals surface area contributed by atoms with E-state index in [0.717, 1.165) is 12.4 Å². The van der Waals surface area contributed by atoms with Gasteiger partial charge in [-0.05, 0) is 11.3 Å². The van der Waals surface area contributed by atoms with Gasteiger partial charge in [-0.25, -0.2) is 4.98 Å². The van der Waals surface area contributed by atoms with Crippen LogP contribution < -0.4 is 10.9 Å². The lowest BCUT2D eigenvalue weighted by Gasteiger charge is -2.27. The highest BCUT2D eigenvalue weighted by atomic mass is 16.1. The van der Waals surface area contributed by atoms with Gasteiger partial charge in [-0.1, -0.05) is 41.5 Å². The van der Waals surface area contributed by atoms with E-state index >= 15 is 0 Å². The van der Waals surface area contributed by atoms with Crippen LogP contribution in [0.1, 0.15) is 53.3 Å². The molecule has 0 amide bonds. The molecular weight excluding hydrogens is 226 g/mol. The summed E-state index contributed by atoms with van der Waals surface area (Å²) in [6.45, 7) is 13.7. The highest BCUT2D eigenvalue weighted by molar-refractivity contribution is 5.33. The molecule has 18 heavy (non-hydrogen) atoms. The third-order valence-electron chi connectivity index (χ3n) is 3.37. The van der Waals surface area contributed by atoms with Crippen molar-refractivity contribution in [2.75, 3.05) is 11.9 Å². The number of aromatic amines is 1. The van der Waals surface area contributed by atoms with E-state index in [1.165, 1.54) is 6.07 Å². The summed E-state index contributed by atoms with van der Waals surface area (Å²) in [5, 5.41) is 3.26. The van der Waals surface area contributed by atoms with Gasteiger partial charge in [-0.2, -0.15) is 0 Å². The van der Waals surface area contributed by atoms with E-state index in [-0.39, 0.29) is 16.9 Å². The van der Waals surface area contributed by atoms with E-state index in [2.05, 4.69) is 43.0 Å². The Morgan fingerprint density at radius 1 is 1.33 bits per heavy atom. The van der Waals surface area contributed by atoms with Gasteiger partial charge < -0.3 is 10.3 Å². The van der Waals surface area contributed by atoms with E-state index < -0.39 is 0 Å². The van der Waals surface area contributed by atoms with E-state index in [1.807, 2.05) is 13.8 Å². The van der Waals surface area contributed by atoms with Crippen LogP contribution in [0, 0.1) is 11.3 Å². The average molecular weight is 251 g/mol. The van der Waals surface area contributed by atoms with Gasteiger partial charge in [-0.15, -0.1) is 0 Å². The average Bonchev–Trinajstić information content (AvgIpc) is 2.23. The lowest BCUT2D eigenvalue weighted by Crippen LogP contribution is -2.26. The lowest BCUT2D eigenvalue weighted by molar-refractivity contribution is 0.274. The SMILES string of the molecule is CC(C)c1nc(NCC(C)C(C)(C)C)cc(=O)[nH]1. The van der Waals surface area contributed by atoms with Crippen molar-refractivity contribution in [1.29, 1.82) is 0 Å². The zero-order valence-corrected chi connectivity index (χ0v) is 12.3. The summed E-state index contributed by atoms with van der Waals surface area (Å²) in [7, 11) is 0. The van der Waals surface area contributed by atoms with Crippen molar-refractivity contribution >= 4 is 5.82 Å². The van der Waals surface area contributed by atoms with Crippen molar-refractivity contribution in [2.45, 2.75) is 47.5 Å². The molecule has 0 aliphatic rings. The number of rotatable bonds is 4. The minimum absolute atomic E-state index is 0.0976. The van der Waals surface area contributed by atoms with Crippen molar-refractivity contribution in [2.24, 2.45) is 11.3 Å². The van der Waals surface area contributed by atoms with Gasteiger partial charge in [0.05, 0.1) is 0 Å². The number of hydrogen-bond acceptors (Lipinski definition) is 3. The van der Waals surface area contributed by atoms with E-state index in [9.17, 15) is 4.79 Å². The van der Waals surface area contributed by atoms with Gasteiger partial charge in [0.15, 0.2) is 0 Å². The first-order valence-electron chi connectivity index (χ1n) is 6.55. The van der Waals surface area contributed by atoms with Crippen LogP contribution in [0.5, 0.6) is 0 Å².